The minimum Gasteiger partial charge on any atom is -0.481 e. The van der Waals surface area contributed by atoms with E-state index in [9.17, 15) is 29.1 Å². The fourth-order valence-corrected chi connectivity index (χ4v) is 3.99. The highest BCUT2D eigenvalue weighted by Gasteiger charge is 2.33. The van der Waals surface area contributed by atoms with Crippen LogP contribution in [0.5, 0.6) is 0 Å². The molecule has 4 unspecified atom stereocenters. The third-order valence-electron chi connectivity index (χ3n) is 6.21. The lowest BCUT2D eigenvalue weighted by atomic mass is 9.98. The molecule has 0 fully saturated rings. The molecule has 4 atom stereocenters. The predicted octanol–water partition coefficient (Wildman–Crippen LogP) is 0.754. The number of amides is 3. The zero-order valence-corrected chi connectivity index (χ0v) is 22.0. The number of hydrogen-bond acceptors (Lipinski definition) is 6. The molecule has 0 spiro atoms. The maximum absolute atomic E-state index is 13.1. The van der Waals surface area contributed by atoms with Gasteiger partial charge in [-0.15, -0.1) is 0 Å². The van der Waals surface area contributed by atoms with Crippen LogP contribution < -0.4 is 21.7 Å². The van der Waals surface area contributed by atoms with Crippen LogP contribution in [0.3, 0.4) is 0 Å². The number of benzene rings is 1. The van der Waals surface area contributed by atoms with E-state index in [0.717, 1.165) is 16.5 Å². The summed E-state index contributed by atoms with van der Waals surface area (Å²) in [4.78, 5) is 64.3. The lowest BCUT2D eigenvalue weighted by molar-refractivity contribution is -0.143. The third-order valence-corrected chi connectivity index (χ3v) is 6.21. The van der Waals surface area contributed by atoms with E-state index in [0.29, 0.717) is 0 Å². The SMILES string of the molecule is CC(C)C(NC(=O)C(N)Cc1c[nH]c2ccccc12)C(=O)NC(C(=O)NC(CCC(=O)O)C(=O)O)C(C)C. The molecule has 38 heavy (non-hydrogen) atoms. The van der Waals surface area contributed by atoms with Crippen molar-refractivity contribution in [2.24, 2.45) is 17.6 Å². The van der Waals surface area contributed by atoms with Gasteiger partial charge in [0, 0.05) is 23.5 Å². The molecule has 8 N–H and O–H groups in total. The fraction of sp³-hybridized carbons (Fsp3) is 0.500. The Kier molecular flexibility index (Phi) is 10.8. The number of hydrogen-bond donors (Lipinski definition) is 7. The molecule has 0 saturated carbocycles. The van der Waals surface area contributed by atoms with Crippen LogP contribution in [0.25, 0.3) is 10.9 Å². The number of carboxylic acid groups (broad SMARTS) is 2. The van der Waals surface area contributed by atoms with E-state index in [4.69, 9.17) is 10.8 Å². The Balaban J connectivity index is 2.07. The molecular weight excluding hydrogens is 494 g/mol. The number of nitrogens with one attached hydrogen (secondary N) is 4. The van der Waals surface area contributed by atoms with Crippen molar-refractivity contribution in [2.45, 2.75) is 71.1 Å². The zero-order chi connectivity index (χ0) is 28.6. The zero-order valence-electron chi connectivity index (χ0n) is 22.0. The molecule has 0 saturated heterocycles. The summed E-state index contributed by atoms with van der Waals surface area (Å²) in [5.41, 5.74) is 7.94. The van der Waals surface area contributed by atoms with E-state index in [1.54, 1.807) is 33.9 Å². The van der Waals surface area contributed by atoms with Gasteiger partial charge < -0.3 is 36.9 Å². The van der Waals surface area contributed by atoms with Gasteiger partial charge in [0.25, 0.3) is 0 Å². The van der Waals surface area contributed by atoms with E-state index < -0.39 is 66.2 Å². The largest absolute Gasteiger partial charge is 0.481 e. The molecule has 12 heteroatoms. The molecule has 0 aliphatic carbocycles. The minimum absolute atomic E-state index is 0.242. The number of aromatic amines is 1. The minimum atomic E-state index is -1.43. The Morgan fingerprint density at radius 2 is 1.42 bits per heavy atom. The van der Waals surface area contributed by atoms with Crippen molar-refractivity contribution in [3.63, 3.8) is 0 Å². The Hall–Kier alpha value is -3.93. The second kappa shape index (κ2) is 13.6. The summed E-state index contributed by atoms with van der Waals surface area (Å²) in [6.45, 7) is 6.79. The van der Waals surface area contributed by atoms with Crippen LogP contribution in [0.15, 0.2) is 30.5 Å². The van der Waals surface area contributed by atoms with Crippen LogP contribution in [0.4, 0.5) is 0 Å². The molecule has 2 rings (SSSR count). The summed E-state index contributed by atoms with van der Waals surface area (Å²) in [6, 6.07) is 3.12. The third kappa shape index (κ3) is 8.30. The van der Waals surface area contributed by atoms with Gasteiger partial charge in [-0.05, 0) is 36.3 Å². The Morgan fingerprint density at radius 3 is 1.97 bits per heavy atom. The van der Waals surface area contributed by atoms with Gasteiger partial charge in [0.15, 0.2) is 0 Å². The molecule has 1 aromatic heterocycles. The van der Waals surface area contributed by atoms with E-state index in [1.165, 1.54) is 0 Å². The summed E-state index contributed by atoms with van der Waals surface area (Å²) in [7, 11) is 0. The Morgan fingerprint density at radius 1 is 0.868 bits per heavy atom. The summed E-state index contributed by atoms with van der Waals surface area (Å²) >= 11 is 0. The number of carbonyl (C=O) groups is 5. The average molecular weight is 532 g/mol. The average Bonchev–Trinajstić information content (AvgIpc) is 3.24. The summed E-state index contributed by atoms with van der Waals surface area (Å²) in [5, 5.41) is 26.7. The van der Waals surface area contributed by atoms with Crippen molar-refractivity contribution in [3.8, 4) is 0 Å². The topological polar surface area (TPSA) is 204 Å². The number of nitrogens with two attached hydrogens (primary N) is 1. The fourth-order valence-electron chi connectivity index (χ4n) is 3.99. The number of aliphatic carboxylic acids is 2. The summed E-state index contributed by atoms with van der Waals surface area (Å²) in [6.07, 6.45) is 1.27. The highest BCUT2D eigenvalue weighted by Crippen LogP contribution is 2.19. The summed E-state index contributed by atoms with van der Waals surface area (Å²) < 4.78 is 0. The van der Waals surface area contributed by atoms with Crippen molar-refractivity contribution < 1.29 is 34.2 Å². The van der Waals surface area contributed by atoms with Crippen molar-refractivity contribution >= 4 is 40.6 Å². The van der Waals surface area contributed by atoms with Crippen LogP contribution in [-0.2, 0) is 30.4 Å². The van der Waals surface area contributed by atoms with Crippen molar-refractivity contribution in [1.82, 2.24) is 20.9 Å². The first-order valence-corrected chi connectivity index (χ1v) is 12.5. The maximum atomic E-state index is 13.1. The highest BCUT2D eigenvalue weighted by atomic mass is 16.4. The number of rotatable bonds is 14. The molecule has 0 aliphatic rings. The Labute approximate surface area is 220 Å². The van der Waals surface area contributed by atoms with E-state index in [1.807, 2.05) is 24.3 Å². The first kappa shape index (κ1) is 30.3. The molecule has 3 amide bonds. The van der Waals surface area contributed by atoms with E-state index in [-0.39, 0.29) is 18.8 Å². The first-order chi connectivity index (χ1) is 17.8. The van der Waals surface area contributed by atoms with Crippen LogP contribution >= 0.6 is 0 Å². The lowest BCUT2D eigenvalue weighted by Crippen LogP contribution is -2.59. The van der Waals surface area contributed by atoms with Gasteiger partial charge in [0.1, 0.15) is 18.1 Å². The number of carbonyl (C=O) groups excluding carboxylic acids is 3. The second-order valence-electron chi connectivity index (χ2n) is 9.96. The smallest absolute Gasteiger partial charge is 0.326 e. The molecule has 0 aliphatic heterocycles. The molecule has 1 heterocycles. The Bertz CT molecular complexity index is 1160. The van der Waals surface area contributed by atoms with Crippen LogP contribution in [0.1, 0.15) is 46.1 Å². The van der Waals surface area contributed by atoms with E-state index in [2.05, 4.69) is 20.9 Å². The number of aromatic nitrogens is 1. The molecule has 2 aromatic rings. The number of carboxylic acids is 2. The monoisotopic (exact) mass is 531 g/mol. The van der Waals surface area contributed by atoms with Crippen LogP contribution in [-0.4, -0.2) is 69.0 Å². The normalized spacial score (nSPS) is 14.5. The molecule has 208 valence electrons. The second-order valence-corrected chi connectivity index (χ2v) is 9.96. The lowest BCUT2D eigenvalue weighted by Gasteiger charge is -2.28. The summed E-state index contributed by atoms with van der Waals surface area (Å²) in [5.74, 6) is -5.29. The molecule has 0 radical (unpaired) electrons. The molecule has 1 aromatic carbocycles. The van der Waals surface area contributed by atoms with Gasteiger partial charge in [-0.1, -0.05) is 45.9 Å². The van der Waals surface area contributed by atoms with Crippen molar-refractivity contribution in [1.29, 1.82) is 0 Å². The van der Waals surface area contributed by atoms with E-state index >= 15 is 0 Å². The molecule has 0 bridgehead atoms. The van der Waals surface area contributed by atoms with Gasteiger partial charge in [-0.2, -0.15) is 0 Å². The number of fused-ring (bicyclic) bond motifs is 1. The van der Waals surface area contributed by atoms with Gasteiger partial charge in [0.2, 0.25) is 17.7 Å². The maximum Gasteiger partial charge on any atom is 0.326 e. The van der Waals surface area contributed by atoms with Crippen molar-refractivity contribution in [3.05, 3.63) is 36.0 Å². The van der Waals surface area contributed by atoms with Gasteiger partial charge in [-0.3, -0.25) is 19.2 Å². The number of H-pyrrole nitrogens is 1. The van der Waals surface area contributed by atoms with Crippen LogP contribution in [0.2, 0.25) is 0 Å². The van der Waals surface area contributed by atoms with Gasteiger partial charge in [-0.25, -0.2) is 4.79 Å². The van der Waals surface area contributed by atoms with Crippen LogP contribution in [0, 0.1) is 11.8 Å². The highest BCUT2D eigenvalue weighted by molar-refractivity contribution is 5.94. The standard InChI is InChI=1S/C26H37N5O7/c1-13(2)21(24(35)29-19(26(37)38)9-10-20(32)33)31-25(36)22(14(3)4)30-23(34)17(27)11-15-12-28-18-8-6-5-7-16(15)18/h5-8,12-14,17,19,21-22,28H,9-11,27H2,1-4H3,(H,29,35)(H,30,34)(H,31,36)(H,32,33)(H,37,38). The predicted molar refractivity (Wildman–Crippen MR) is 140 cm³/mol. The van der Waals surface area contributed by atoms with Gasteiger partial charge in [0.05, 0.1) is 6.04 Å². The first-order valence-electron chi connectivity index (χ1n) is 12.5. The number of para-hydroxylation sites is 1. The van der Waals surface area contributed by atoms with Crippen molar-refractivity contribution in [2.75, 3.05) is 0 Å². The van der Waals surface area contributed by atoms with Gasteiger partial charge >= 0.3 is 11.9 Å². The molecular formula is C26H37N5O7. The molecule has 12 nitrogen and oxygen atoms in total. The quantitative estimate of drug-likeness (QED) is 0.185.